The number of hydrogen-bond acceptors (Lipinski definition) is 5. The van der Waals surface area contributed by atoms with E-state index in [0.717, 1.165) is 5.56 Å². The van der Waals surface area contributed by atoms with Crippen molar-refractivity contribution in [3.8, 4) is 11.5 Å². The first-order valence-corrected chi connectivity index (χ1v) is 6.14. The van der Waals surface area contributed by atoms with Crippen molar-refractivity contribution in [3.63, 3.8) is 0 Å². The Hall–Kier alpha value is -2.86. The van der Waals surface area contributed by atoms with E-state index in [1.54, 1.807) is 42.5 Å². The third-order valence-corrected chi connectivity index (χ3v) is 2.72. The highest BCUT2D eigenvalue weighted by Gasteiger charge is 2.09. The molecule has 6 heteroatoms. The smallest absolute Gasteiger partial charge is 0.343 e. The first kappa shape index (κ1) is 14.5. The number of ether oxygens (including phenoxy) is 1. The summed E-state index contributed by atoms with van der Waals surface area (Å²) < 4.78 is 5.20. The molecule has 0 bridgehead atoms. The lowest BCUT2D eigenvalue weighted by Gasteiger charge is -2.06. The summed E-state index contributed by atoms with van der Waals surface area (Å²) in [6.07, 6.45) is 0.130. The second kappa shape index (κ2) is 6.53. The maximum atomic E-state index is 12.0. The van der Waals surface area contributed by atoms with E-state index in [4.69, 9.17) is 16.4 Å². The lowest BCUT2D eigenvalue weighted by Crippen LogP contribution is -2.14. The number of rotatable bonds is 5. The second-order valence-corrected chi connectivity index (χ2v) is 4.32. The molecule has 0 spiro atoms. The Morgan fingerprint density at radius 3 is 2.29 bits per heavy atom. The molecule has 0 aliphatic heterocycles. The van der Waals surface area contributed by atoms with Crippen LogP contribution in [0.3, 0.4) is 0 Å². The maximum absolute atomic E-state index is 12.0. The molecule has 21 heavy (non-hydrogen) atoms. The fourth-order valence-corrected chi connectivity index (χ4v) is 1.74. The molecule has 1 amide bonds. The van der Waals surface area contributed by atoms with E-state index < -0.39 is 11.9 Å². The van der Waals surface area contributed by atoms with Crippen LogP contribution in [0.4, 0.5) is 0 Å². The van der Waals surface area contributed by atoms with Gasteiger partial charge in [-0.15, -0.1) is 0 Å². The lowest BCUT2D eigenvalue weighted by molar-refractivity contribution is -0.117. The van der Waals surface area contributed by atoms with E-state index in [2.05, 4.69) is 4.84 Å². The Morgan fingerprint density at radius 2 is 1.67 bits per heavy atom. The summed E-state index contributed by atoms with van der Waals surface area (Å²) in [7, 11) is 0. The van der Waals surface area contributed by atoms with Crippen LogP contribution in [-0.4, -0.2) is 11.9 Å². The van der Waals surface area contributed by atoms with Crippen molar-refractivity contribution in [1.29, 1.82) is 0 Å². The van der Waals surface area contributed by atoms with E-state index >= 15 is 0 Å². The number of benzene rings is 2. The van der Waals surface area contributed by atoms with Crippen LogP contribution in [-0.2, 0) is 11.2 Å². The van der Waals surface area contributed by atoms with Gasteiger partial charge in [-0.2, -0.15) is 5.90 Å². The van der Waals surface area contributed by atoms with Gasteiger partial charge >= 0.3 is 5.97 Å². The summed E-state index contributed by atoms with van der Waals surface area (Å²) >= 11 is 0. The summed E-state index contributed by atoms with van der Waals surface area (Å²) in [6.45, 7) is 0. The Balaban J connectivity index is 2.07. The molecule has 6 nitrogen and oxygen atoms in total. The molecule has 0 aliphatic rings. The molecule has 2 aromatic rings. The van der Waals surface area contributed by atoms with Crippen LogP contribution in [0, 0.1) is 0 Å². The van der Waals surface area contributed by atoms with Crippen LogP contribution in [0.2, 0.25) is 0 Å². The van der Waals surface area contributed by atoms with Crippen molar-refractivity contribution < 1.29 is 19.2 Å². The van der Waals surface area contributed by atoms with Gasteiger partial charge in [0.2, 0.25) is 5.91 Å². The number of carbonyl (C=O) groups excluding carboxylic acids is 2. The van der Waals surface area contributed by atoms with Crippen molar-refractivity contribution in [1.82, 2.24) is 0 Å². The van der Waals surface area contributed by atoms with Gasteiger partial charge in [-0.3, -0.25) is 4.79 Å². The van der Waals surface area contributed by atoms with Gasteiger partial charge in [-0.05, 0) is 29.8 Å². The predicted octanol–water partition coefficient (Wildman–Crippen LogP) is 1.19. The predicted molar refractivity (Wildman–Crippen MR) is 75.6 cm³/mol. The SMILES string of the molecule is NOc1cccc(OC(=O)c2ccc(CC(N)=O)cc2)c1. The van der Waals surface area contributed by atoms with Gasteiger partial charge in [0.25, 0.3) is 0 Å². The van der Waals surface area contributed by atoms with Gasteiger partial charge in [-0.25, -0.2) is 4.79 Å². The zero-order chi connectivity index (χ0) is 15.2. The molecule has 4 N–H and O–H groups in total. The van der Waals surface area contributed by atoms with Gasteiger partial charge in [-0.1, -0.05) is 18.2 Å². The van der Waals surface area contributed by atoms with Crippen LogP contribution < -0.4 is 21.2 Å². The zero-order valence-electron chi connectivity index (χ0n) is 11.1. The summed E-state index contributed by atoms with van der Waals surface area (Å²) in [5.74, 6) is 4.80. The molecule has 0 saturated carbocycles. The summed E-state index contributed by atoms with van der Waals surface area (Å²) in [4.78, 5) is 27.3. The Labute approximate surface area is 121 Å². The first-order chi connectivity index (χ1) is 10.1. The van der Waals surface area contributed by atoms with E-state index in [9.17, 15) is 9.59 Å². The van der Waals surface area contributed by atoms with Gasteiger partial charge < -0.3 is 15.3 Å². The molecule has 2 rings (SSSR count). The molecule has 0 unspecified atom stereocenters. The van der Waals surface area contributed by atoms with Crippen molar-refractivity contribution in [2.45, 2.75) is 6.42 Å². The maximum Gasteiger partial charge on any atom is 0.343 e. The molecule has 0 fully saturated rings. The molecule has 0 saturated heterocycles. The van der Waals surface area contributed by atoms with Crippen LogP contribution in [0.25, 0.3) is 0 Å². The van der Waals surface area contributed by atoms with E-state index in [1.807, 2.05) is 0 Å². The first-order valence-electron chi connectivity index (χ1n) is 6.14. The van der Waals surface area contributed by atoms with Crippen molar-refractivity contribution in [3.05, 3.63) is 59.7 Å². The molecular weight excluding hydrogens is 272 g/mol. The fourth-order valence-electron chi connectivity index (χ4n) is 1.74. The number of amides is 1. The molecule has 0 radical (unpaired) electrons. The van der Waals surface area contributed by atoms with Crippen LogP contribution in [0.5, 0.6) is 11.5 Å². The Morgan fingerprint density at radius 1 is 1.00 bits per heavy atom. The highest BCUT2D eigenvalue weighted by molar-refractivity contribution is 5.91. The van der Waals surface area contributed by atoms with Crippen molar-refractivity contribution >= 4 is 11.9 Å². The quantitative estimate of drug-likeness (QED) is 0.488. The van der Waals surface area contributed by atoms with Crippen LogP contribution in [0.15, 0.2) is 48.5 Å². The monoisotopic (exact) mass is 286 g/mol. The number of primary amides is 1. The van der Waals surface area contributed by atoms with Gasteiger partial charge in [0.1, 0.15) is 5.75 Å². The van der Waals surface area contributed by atoms with Gasteiger partial charge in [0.15, 0.2) is 5.75 Å². The summed E-state index contributed by atoms with van der Waals surface area (Å²) in [5, 5.41) is 0. The minimum atomic E-state index is -0.519. The standard InChI is InChI=1S/C15H14N2O4/c16-14(18)8-10-4-6-11(7-5-10)15(19)20-12-2-1-3-13(9-12)21-17/h1-7,9H,8,17H2,(H2,16,18). The average molecular weight is 286 g/mol. The number of esters is 1. The largest absolute Gasteiger partial charge is 0.423 e. The fraction of sp³-hybridized carbons (Fsp3) is 0.0667. The lowest BCUT2D eigenvalue weighted by atomic mass is 10.1. The average Bonchev–Trinajstić information content (AvgIpc) is 2.47. The molecule has 0 aromatic heterocycles. The Kier molecular flexibility index (Phi) is 4.53. The molecule has 0 heterocycles. The van der Waals surface area contributed by atoms with Crippen molar-refractivity contribution in [2.24, 2.45) is 11.6 Å². The van der Waals surface area contributed by atoms with E-state index in [-0.39, 0.29) is 6.42 Å². The molecule has 0 atom stereocenters. The number of carbonyl (C=O) groups is 2. The molecule has 108 valence electrons. The van der Waals surface area contributed by atoms with Crippen LogP contribution >= 0.6 is 0 Å². The van der Waals surface area contributed by atoms with Gasteiger partial charge in [0, 0.05) is 6.07 Å². The minimum absolute atomic E-state index is 0.130. The molecular formula is C15H14N2O4. The highest BCUT2D eigenvalue weighted by Crippen LogP contribution is 2.19. The number of nitrogens with two attached hydrogens (primary N) is 2. The third-order valence-electron chi connectivity index (χ3n) is 2.72. The third kappa shape index (κ3) is 4.05. The van der Waals surface area contributed by atoms with E-state index in [0.29, 0.717) is 17.1 Å². The molecule has 0 aliphatic carbocycles. The highest BCUT2D eigenvalue weighted by atomic mass is 16.6. The summed E-state index contributed by atoms with van der Waals surface area (Å²) in [5.41, 5.74) is 6.20. The second-order valence-electron chi connectivity index (χ2n) is 4.32. The summed E-state index contributed by atoms with van der Waals surface area (Å²) in [6, 6.07) is 12.9. The zero-order valence-corrected chi connectivity index (χ0v) is 11.1. The minimum Gasteiger partial charge on any atom is -0.423 e. The normalized spacial score (nSPS) is 9.95. The number of hydrogen-bond donors (Lipinski definition) is 2. The van der Waals surface area contributed by atoms with Gasteiger partial charge in [0.05, 0.1) is 12.0 Å². The van der Waals surface area contributed by atoms with Crippen molar-refractivity contribution in [2.75, 3.05) is 0 Å². The molecule has 2 aromatic carbocycles. The Bertz CT molecular complexity index is 653. The van der Waals surface area contributed by atoms with E-state index in [1.165, 1.54) is 6.07 Å². The van der Waals surface area contributed by atoms with Crippen LogP contribution in [0.1, 0.15) is 15.9 Å². The topological polar surface area (TPSA) is 105 Å².